The van der Waals surface area contributed by atoms with Crippen LogP contribution in [0.5, 0.6) is 5.75 Å². The van der Waals surface area contributed by atoms with Crippen LogP contribution in [-0.2, 0) is 43.3 Å². The quantitative estimate of drug-likeness (QED) is 0.229. The van der Waals surface area contributed by atoms with E-state index in [2.05, 4.69) is 43.9 Å². The van der Waals surface area contributed by atoms with Crippen molar-refractivity contribution in [1.82, 2.24) is 44.2 Å². The number of phenolic OH excluding ortho intramolecular Hbond substituents is 1. The van der Waals surface area contributed by atoms with Crippen LogP contribution in [0.25, 0.3) is 10.9 Å². The van der Waals surface area contributed by atoms with Crippen LogP contribution in [0.4, 0.5) is 24.0 Å². The monoisotopic (exact) mass is 1160 g/mol. The van der Waals surface area contributed by atoms with E-state index in [1.165, 1.54) is 0 Å². The Labute approximate surface area is 495 Å². The van der Waals surface area contributed by atoms with Gasteiger partial charge in [0.25, 0.3) is 0 Å². The van der Waals surface area contributed by atoms with E-state index in [1.54, 1.807) is 27.0 Å². The third kappa shape index (κ3) is 24.9. The predicted octanol–water partition coefficient (Wildman–Crippen LogP) is 10.8. The summed E-state index contributed by atoms with van der Waals surface area (Å²) in [5.41, 5.74) is 0.117. The number of hydrogen-bond acceptors (Lipinski definition) is 15. The number of nitrogens with zero attached hydrogens (tertiary/aromatic N) is 9. The molecule has 2 aliphatic heterocycles. The molecule has 0 aliphatic carbocycles. The average molecular weight is 1160 g/mol. The second kappa shape index (κ2) is 30.1. The van der Waals surface area contributed by atoms with Crippen molar-refractivity contribution in [3.8, 4) is 5.75 Å². The van der Waals surface area contributed by atoms with Crippen LogP contribution in [0.1, 0.15) is 146 Å². The molecule has 0 bridgehead atoms. The van der Waals surface area contributed by atoms with E-state index in [0.29, 0.717) is 142 Å². The average Bonchev–Trinajstić information content (AvgIpc) is 3.50. The Balaban J connectivity index is 1.40. The highest BCUT2D eigenvalue weighted by Gasteiger charge is 2.30. The molecule has 0 unspecified atom stereocenters. The van der Waals surface area contributed by atoms with Crippen LogP contribution in [-0.4, -0.2) is 212 Å². The third-order valence-corrected chi connectivity index (χ3v) is 13.6. The predicted molar refractivity (Wildman–Crippen MR) is 323 cm³/mol. The summed E-state index contributed by atoms with van der Waals surface area (Å²) in [6, 6.07) is 15.9. The lowest BCUT2D eigenvalue weighted by Crippen LogP contribution is -2.47. The van der Waals surface area contributed by atoms with Crippen LogP contribution >= 0.6 is 0 Å². The zero-order valence-corrected chi connectivity index (χ0v) is 53.0. The minimum Gasteiger partial charge on any atom is -0.506 e. The largest absolute Gasteiger partial charge is 0.506 e. The number of hydrogen-bond donors (Lipinski definition) is 1. The number of benzene rings is 2. The van der Waals surface area contributed by atoms with Crippen LogP contribution in [0.15, 0.2) is 54.7 Å². The molecule has 1 N–H and O–H groups in total. The molecule has 464 valence electrons. The summed E-state index contributed by atoms with van der Waals surface area (Å²) in [5, 5.41) is 11.5. The van der Waals surface area contributed by atoms with Crippen molar-refractivity contribution in [3.63, 3.8) is 0 Å². The van der Waals surface area contributed by atoms with Crippen LogP contribution in [0.2, 0.25) is 0 Å². The van der Waals surface area contributed by atoms with Crippen molar-refractivity contribution in [1.29, 1.82) is 0 Å². The van der Waals surface area contributed by atoms with Gasteiger partial charge in [0.15, 0.2) is 0 Å². The number of carbonyl (C=O) groups is 5. The molecular formula is C63H101N9O11. The van der Waals surface area contributed by atoms with Crippen LogP contribution < -0.4 is 0 Å². The van der Waals surface area contributed by atoms with Gasteiger partial charge in [0.1, 0.15) is 39.3 Å². The molecule has 0 saturated carbocycles. The number of aromatic hydroxyl groups is 1. The number of rotatable bonds is 6. The van der Waals surface area contributed by atoms with Crippen molar-refractivity contribution >= 4 is 41.4 Å². The van der Waals surface area contributed by atoms with Gasteiger partial charge in [-0.2, -0.15) is 0 Å². The molecule has 5 amide bonds. The molecule has 1 aromatic heterocycles. The number of pyridine rings is 1. The van der Waals surface area contributed by atoms with Crippen molar-refractivity contribution in [2.45, 2.75) is 177 Å². The molecule has 3 aromatic rings. The Morgan fingerprint density at radius 2 is 0.711 bits per heavy atom. The minimum absolute atomic E-state index is 0.116. The van der Waals surface area contributed by atoms with Crippen molar-refractivity contribution < 1.29 is 52.8 Å². The Morgan fingerprint density at radius 3 is 1.05 bits per heavy atom. The number of carbonyl (C=O) groups excluding carboxylic acids is 5. The summed E-state index contributed by atoms with van der Waals surface area (Å²) >= 11 is 0. The fourth-order valence-corrected chi connectivity index (χ4v) is 9.79. The first kappa shape index (κ1) is 67.7. The summed E-state index contributed by atoms with van der Waals surface area (Å²) in [5.74, 6) is 0.116. The van der Waals surface area contributed by atoms with E-state index in [4.69, 9.17) is 23.7 Å². The van der Waals surface area contributed by atoms with Gasteiger partial charge in [-0.3, -0.25) is 19.7 Å². The molecule has 0 spiro atoms. The van der Waals surface area contributed by atoms with E-state index >= 15 is 0 Å². The SMILES string of the molecule is CC(C)(C)OC(=O)N1CCCN(Cc2ccc(O)c3ncccc23)CCN(C(=O)OC(C)(C)C)CCCN(Cc2cccc(CN3CCCN(C(=O)OC(C)(C)C)CCN(C(=O)OC(C)(C)C)CCCN(C(=O)OC(C)(C)C)CC3)c2)CC1. The number of fused-ring (bicyclic) bond motifs is 1. The van der Waals surface area contributed by atoms with Crippen molar-refractivity contribution in [3.05, 3.63) is 71.4 Å². The third-order valence-electron chi connectivity index (χ3n) is 13.6. The maximum Gasteiger partial charge on any atom is 0.410 e. The first-order valence-corrected chi connectivity index (χ1v) is 29.9. The molecule has 83 heavy (non-hydrogen) atoms. The first-order valence-electron chi connectivity index (χ1n) is 29.9. The summed E-state index contributed by atoms with van der Waals surface area (Å²) in [4.78, 5) is 89.1. The van der Waals surface area contributed by atoms with Crippen molar-refractivity contribution in [2.75, 3.05) is 105 Å². The molecular weight excluding hydrogens is 1060 g/mol. The topological polar surface area (TPSA) is 191 Å². The molecule has 2 fully saturated rings. The van der Waals surface area contributed by atoms with Crippen LogP contribution in [0.3, 0.4) is 0 Å². The molecule has 5 rings (SSSR count). The van der Waals surface area contributed by atoms with Gasteiger partial charge in [-0.25, -0.2) is 24.0 Å². The lowest BCUT2D eigenvalue weighted by molar-refractivity contribution is 0.0101. The number of aromatic nitrogens is 1. The lowest BCUT2D eigenvalue weighted by atomic mass is 10.1. The second-order valence-electron chi connectivity index (χ2n) is 27.0. The highest BCUT2D eigenvalue weighted by atomic mass is 16.6. The van der Waals surface area contributed by atoms with Crippen LogP contribution in [0, 0.1) is 0 Å². The van der Waals surface area contributed by atoms with Crippen molar-refractivity contribution in [2.24, 2.45) is 0 Å². The van der Waals surface area contributed by atoms with Gasteiger partial charge < -0.3 is 53.3 Å². The number of ether oxygens (including phenoxy) is 5. The molecule has 2 aromatic carbocycles. The van der Waals surface area contributed by atoms with Gasteiger partial charge in [-0.1, -0.05) is 36.4 Å². The first-order chi connectivity index (χ1) is 38.7. The Morgan fingerprint density at radius 1 is 0.398 bits per heavy atom. The fourth-order valence-electron chi connectivity index (χ4n) is 9.79. The van der Waals surface area contributed by atoms with E-state index in [-0.39, 0.29) is 31.0 Å². The standard InChI is InChI=1S/C63H101N9O11/c1-59(2,3)79-54(74)68-32-20-30-67(47-50-25-26-52(73)53-51(50)24-17-27-64-53)38-41-69(55(75)80-60(4,5)6)31-18-28-65(36-39-68)45-48-22-16-23-49(44-48)46-66-29-19-33-71(57(77)82-62(10,11)12)42-43-72(58(78)83-63(13,14)15)35-21-34-70(40-37-66)56(76)81-61(7,8)9/h16-17,22-27,44,73H,18-21,28-43,45-47H2,1-15H3. The van der Waals surface area contributed by atoms with E-state index in [9.17, 15) is 29.1 Å². The molecule has 20 nitrogen and oxygen atoms in total. The highest BCUT2D eigenvalue weighted by molar-refractivity contribution is 5.87. The van der Waals surface area contributed by atoms with E-state index < -0.39 is 46.3 Å². The number of phenols is 1. The Kier molecular flexibility index (Phi) is 24.5. The van der Waals surface area contributed by atoms with Gasteiger partial charge >= 0.3 is 30.5 Å². The maximum atomic E-state index is 14.0. The normalized spacial score (nSPS) is 17.7. The lowest BCUT2D eigenvalue weighted by Gasteiger charge is -2.34. The zero-order chi connectivity index (χ0) is 61.3. The molecule has 2 aliphatic rings. The summed E-state index contributed by atoms with van der Waals surface area (Å²) in [7, 11) is 0. The summed E-state index contributed by atoms with van der Waals surface area (Å²) in [6.07, 6.45) is 1.87. The molecule has 20 heteroatoms. The minimum atomic E-state index is -0.730. The van der Waals surface area contributed by atoms with E-state index in [0.717, 1.165) is 22.1 Å². The Hall–Kier alpha value is -6.12. The Bertz CT molecular complexity index is 2580. The summed E-state index contributed by atoms with van der Waals surface area (Å²) < 4.78 is 29.6. The van der Waals surface area contributed by atoms with Gasteiger partial charge in [-0.15, -0.1) is 0 Å². The van der Waals surface area contributed by atoms with Gasteiger partial charge in [0, 0.05) is 136 Å². The summed E-state index contributed by atoms with van der Waals surface area (Å²) in [6.45, 7) is 36.4. The molecule has 2 saturated heterocycles. The van der Waals surface area contributed by atoms with Gasteiger partial charge in [0.05, 0.1) is 0 Å². The van der Waals surface area contributed by atoms with Gasteiger partial charge in [0.2, 0.25) is 0 Å². The zero-order valence-electron chi connectivity index (χ0n) is 53.0. The van der Waals surface area contributed by atoms with E-state index in [1.807, 2.05) is 132 Å². The van der Waals surface area contributed by atoms with Gasteiger partial charge in [-0.05, 0) is 158 Å². The molecule has 3 heterocycles. The maximum absolute atomic E-state index is 14.0. The molecule has 0 radical (unpaired) electrons. The highest BCUT2D eigenvalue weighted by Crippen LogP contribution is 2.27. The fraction of sp³-hybridized carbons (Fsp3) is 0.683. The second-order valence-corrected chi connectivity index (χ2v) is 27.0. The smallest absolute Gasteiger partial charge is 0.410 e. The number of amides is 5. The molecule has 0 atom stereocenters.